The van der Waals surface area contributed by atoms with Crippen molar-refractivity contribution in [1.82, 2.24) is 4.72 Å². The molecule has 0 aromatic rings. The second-order valence-electron chi connectivity index (χ2n) is 6.39. The minimum absolute atomic E-state index is 0.147. The number of hydrogen-bond donors (Lipinski definition) is 2. The first-order chi connectivity index (χ1) is 7.41. The van der Waals surface area contributed by atoms with Crippen molar-refractivity contribution in [3.8, 4) is 0 Å². The number of quaternary nitrogens is 1. The second kappa shape index (κ2) is 4.39. The van der Waals surface area contributed by atoms with E-state index in [1.807, 2.05) is 20.8 Å². The lowest BCUT2D eigenvalue weighted by Gasteiger charge is -2.44. The van der Waals surface area contributed by atoms with E-state index in [-0.39, 0.29) is 4.75 Å². The summed E-state index contributed by atoms with van der Waals surface area (Å²) in [5.41, 5.74) is 0.585. The Morgan fingerprint density at radius 3 is 2.38 bits per heavy atom. The van der Waals surface area contributed by atoms with Gasteiger partial charge in [0.05, 0.1) is 33.9 Å². The number of nitrogens with two attached hydrogens (primary N) is 1. The molecule has 0 radical (unpaired) electrons. The van der Waals surface area contributed by atoms with E-state index in [1.165, 1.54) is 32.1 Å². The van der Waals surface area contributed by atoms with Crippen LogP contribution in [0.5, 0.6) is 0 Å². The molecule has 0 aromatic heterocycles. The summed E-state index contributed by atoms with van der Waals surface area (Å²) in [6, 6.07) is 0.436. The van der Waals surface area contributed by atoms with Crippen LogP contribution in [-0.4, -0.2) is 27.1 Å². The van der Waals surface area contributed by atoms with Gasteiger partial charge in [-0.3, -0.25) is 0 Å². The molecule has 94 valence electrons. The van der Waals surface area contributed by atoms with Crippen molar-refractivity contribution >= 4 is 11.0 Å². The molecule has 1 spiro atoms. The van der Waals surface area contributed by atoms with E-state index in [1.54, 1.807) is 0 Å². The summed E-state index contributed by atoms with van der Waals surface area (Å²) in [4.78, 5) is 0. The van der Waals surface area contributed by atoms with Crippen LogP contribution >= 0.6 is 0 Å². The Morgan fingerprint density at radius 1 is 1.31 bits per heavy atom. The lowest BCUT2D eigenvalue weighted by atomic mass is 9.71. The monoisotopic (exact) mass is 245 g/mol. The number of hydrogen-bond acceptors (Lipinski definition) is 1. The third kappa shape index (κ3) is 2.66. The molecule has 4 heteroatoms. The van der Waals surface area contributed by atoms with Crippen LogP contribution < -0.4 is 10.0 Å². The lowest BCUT2D eigenvalue weighted by Crippen LogP contribution is -3.02. The van der Waals surface area contributed by atoms with Gasteiger partial charge in [-0.15, -0.1) is 0 Å². The van der Waals surface area contributed by atoms with Gasteiger partial charge < -0.3 is 5.32 Å². The summed E-state index contributed by atoms with van der Waals surface area (Å²) in [6.45, 7) is 7.17. The van der Waals surface area contributed by atoms with Crippen LogP contribution in [0.3, 0.4) is 0 Å². The maximum Gasteiger partial charge on any atom is 0.0974 e. The van der Waals surface area contributed by atoms with Gasteiger partial charge in [-0.05, 0) is 33.6 Å². The van der Waals surface area contributed by atoms with Gasteiger partial charge in [0.25, 0.3) is 0 Å². The lowest BCUT2D eigenvalue weighted by molar-refractivity contribution is -0.748. The van der Waals surface area contributed by atoms with E-state index < -0.39 is 11.0 Å². The molecule has 1 heterocycles. The zero-order chi connectivity index (χ0) is 11.8. The van der Waals surface area contributed by atoms with Crippen molar-refractivity contribution < 1.29 is 9.53 Å². The summed E-state index contributed by atoms with van der Waals surface area (Å²) in [5.74, 6) is 0. The van der Waals surface area contributed by atoms with Crippen molar-refractivity contribution in [1.29, 1.82) is 0 Å². The zero-order valence-corrected chi connectivity index (χ0v) is 11.5. The van der Waals surface area contributed by atoms with E-state index in [0.717, 1.165) is 6.54 Å². The van der Waals surface area contributed by atoms with E-state index in [9.17, 15) is 4.21 Å². The summed E-state index contributed by atoms with van der Waals surface area (Å²) < 4.78 is 15.1. The number of piperidine rings is 1. The topological polar surface area (TPSA) is 45.7 Å². The summed E-state index contributed by atoms with van der Waals surface area (Å²) in [7, 11) is -0.914. The Bertz CT molecular complexity index is 271. The highest BCUT2D eigenvalue weighted by Gasteiger charge is 2.44. The van der Waals surface area contributed by atoms with Crippen LogP contribution in [0.25, 0.3) is 0 Å². The highest BCUT2D eigenvalue weighted by atomic mass is 32.2. The molecule has 16 heavy (non-hydrogen) atoms. The Labute approximate surface area is 101 Å². The maximum atomic E-state index is 12.0. The fourth-order valence-electron chi connectivity index (χ4n) is 2.59. The van der Waals surface area contributed by atoms with Gasteiger partial charge >= 0.3 is 0 Å². The van der Waals surface area contributed by atoms with Crippen LogP contribution in [0.15, 0.2) is 0 Å². The molecule has 3 N–H and O–H groups in total. The molecular formula is C12H25N2OS+. The van der Waals surface area contributed by atoms with Gasteiger partial charge in [-0.25, -0.2) is 8.93 Å². The predicted molar refractivity (Wildman–Crippen MR) is 67.4 cm³/mol. The van der Waals surface area contributed by atoms with Crippen molar-refractivity contribution in [2.45, 2.75) is 69.2 Å². The molecule has 3 nitrogen and oxygen atoms in total. The van der Waals surface area contributed by atoms with Crippen LogP contribution in [0.1, 0.15) is 52.9 Å². The minimum Gasteiger partial charge on any atom is -0.340 e. The summed E-state index contributed by atoms with van der Waals surface area (Å²) in [6.07, 6.45) is 6.68. The molecule has 1 saturated heterocycles. The van der Waals surface area contributed by atoms with Gasteiger partial charge in [0.15, 0.2) is 0 Å². The Hall–Kier alpha value is 0.0700. The Kier molecular flexibility index (Phi) is 3.44. The molecule has 1 aliphatic carbocycles. The Balaban J connectivity index is 1.79. The average molecular weight is 245 g/mol. The molecule has 2 aliphatic rings. The van der Waals surface area contributed by atoms with Gasteiger partial charge in [0.2, 0.25) is 0 Å². The standard InChI is InChI=1S/C12H24N2OS/c1-11(2,3)16(15)14-10-5-8-12(13-9-10)6-4-7-12/h10,13-14H,4-9H2,1-3H3/p+1. The van der Waals surface area contributed by atoms with E-state index in [2.05, 4.69) is 10.0 Å². The fraction of sp³-hybridized carbons (Fsp3) is 1.00. The van der Waals surface area contributed by atoms with Crippen LogP contribution in [0, 0.1) is 0 Å². The second-order valence-corrected chi connectivity index (χ2v) is 8.39. The minimum atomic E-state index is -0.914. The normalized spacial score (nSPS) is 31.1. The molecule has 1 saturated carbocycles. The van der Waals surface area contributed by atoms with Gasteiger partial charge in [-0.1, -0.05) is 0 Å². The molecule has 1 aliphatic heterocycles. The first-order valence-electron chi connectivity index (χ1n) is 6.44. The third-order valence-corrected chi connectivity index (χ3v) is 5.67. The smallest absolute Gasteiger partial charge is 0.0974 e. The van der Waals surface area contributed by atoms with E-state index in [0.29, 0.717) is 11.6 Å². The quantitative estimate of drug-likeness (QED) is 0.738. The van der Waals surface area contributed by atoms with Crippen LogP contribution in [0.2, 0.25) is 0 Å². The summed E-state index contributed by atoms with van der Waals surface area (Å²) in [5, 5.41) is 2.50. The molecule has 2 unspecified atom stereocenters. The highest BCUT2D eigenvalue weighted by molar-refractivity contribution is 7.84. The maximum absolute atomic E-state index is 12.0. The van der Waals surface area contributed by atoms with Crippen LogP contribution in [-0.2, 0) is 11.0 Å². The highest BCUT2D eigenvalue weighted by Crippen LogP contribution is 2.34. The number of nitrogens with one attached hydrogen (secondary N) is 1. The largest absolute Gasteiger partial charge is 0.340 e. The zero-order valence-electron chi connectivity index (χ0n) is 10.7. The molecule has 0 aromatic carbocycles. The van der Waals surface area contributed by atoms with Gasteiger partial charge in [0.1, 0.15) is 0 Å². The van der Waals surface area contributed by atoms with Gasteiger partial charge in [-0.2, -0.15) is 0 Å². The first-order valence-corrected chi connectivity index (χ1v) is 7.59. The fourth-order valence-corrected chi connectivity index (χ4v) is 3.46. The molecule has 2 rings (SSSR count). The predicted octanol–water partition coefficient (Wildman–Crippen LogP) is 0.687. The molecule has 2 fully saturated rings. The number of rotatable bonds is 2. The van der Waals surface area contributed by atoms with Crippen molar-refractivity contribution in [3.63, 3.8) is 0 Å². The van der Waals surface area contributed by atoms with Crippen LogP contribution in [0.4, 0.5) is 0 Å². The van der Waals surface area contributed by atoms with Gasteiger partial charge in [0, 0.05) is 19.3 Å². The average Bonchev–Trinajstić information content (AvgIpc) is 2.15. The molecule has 2 atom stereocenters. The van der Waals surface area contributed by atoms with E-state index in [4.69, 9.17) is 0 Å². The third-order valence-electron chi connectivity index (χ3n) is 4.01. The van der Waals surface area contributed by atoms with E-state index >= 15 is 0 Å². The van der Waals surface area contributed by atoms with Crippen molar-refractivity contribution in [3.05, 3.63) is 0 Å². The SMILES string of the molecule is CC(C)(C)S(=O)NC1CCC2(CCC2)[NH2+]C1. The molecule has 0 amide bonds. The molecule has 0 bridgehead atoms. The molecular weight excluding hydrogens is 220 g/mol. The van der Waals surface area contributed by atoms with Crippen molar-refractivity contribution in [2.75, 3.05) is 6.54 Å². The summed E-state index contributed by atoms with van der Waals surface area (Å²) >= 11 is 0. The first kappa shape index (κ1) is 12.5. The van der Waals surface area contributed by atoms with Crippen molar-refractivity contribution in [2.24, 2.45) is 0 Å². The Morgan fingerprint density at radius 2 is 2.00 bits per heavy atom.